The standard InChI is InChI=1S/C17H12F3IN2O/c1-10-15(21)16(11-6-2-5-9-14(11)24)22-23(10)13-8-4-3-7-12(13)17(18,19)20/h2-9,24H,1H3. The van der Waals surface area contributed by atoms with Crippen molar-refractivity contribution in [2.45, 2.75) is 13.1 Å². The van der Waals surface area contributed by atoms with E-state index in [2.05, 4.69) is 5.10 Å². The van der Waals surface area contributed by atoms with E-state index in [9.17, 15) is 18.3 Å². The van der Waals surface area contributed by atoms with Gasteiger partial charge in [0.1, 0.15) is 11.4 Å². The predicted molar refractivity (Wildman–Crippen MR) is 93.1 cm³/mol. The van der Waals surface area contributed by atoms with Crippen molar-refractivity contribution in [3.63, 3.8) is 0 Å². The van der Waals surface area contributed by atoms with Crippen molar-refractivity contribution in [3.05, 3.63) is 63.4 Å². The summed E-state index contributed by atoms with van der Waals surface area (Å²) in [6, 6.07) is 11.9. The van der Waals surface area contributed by atoms with E-state index in [1.54, 1.807) is 25.1 Å². The van der Waals surface area contributed by atoms with E-state index in [0.29, 0.717) is 20.5 Å². The van der Waals surface area contributed by atoms with Crippen LogP contribution in [0.4, 0.5) is 13.2 Å². The van der Waals surface area contributed by atoms with Crippen LogP contribution in [-0.2, 0) is 6.18 Å². The summed E-state index contributed by atoms with van der Waals surface area (Å²) in [5.74, 6) is 0.0316. The molecular formula is C17H12F3IN2O. The molecule has 0 aliphatic heterocycles. The zero-order valence-electron chi connectivity index (χ0n) is 12.5. The molecule has 0 spiro atoms. The van der Waals surface area contributed by atoms with Gasteiger partial charge in [-0.25, -0.2) is 4.68 Å². The largest absolute Gasteiger partial charge is 0.507 e. The molecule has 0 aliphatic carbocycles. The molecule has 3 rings (SSSR count). The minimum Gasteiger partial charge on any atom is -0.507 e. The first-order chi connectivity index (χ1) is 11.3. The molecule has 3 aromatic rings. The van der Waals surface area contributed by atoms with Gasteiger partial charge in [0.25, 0.3) is 0 Å². The van der Waals surface area contributed by atoms with Crippen molar-refractivity contribution >= 4 is 22.6 Å². The Balaban J connectivity index is 2.23. The highest BCUT2D eigenvalue weighted by molar-refractivity contribution is 14.1. The van der Waals surface area contributed by atoms with Crippen molar-refractivity contribution < 1.29 is 18.3 Å². The molecule has 0 saturated heterocycles. The van der Waals surface area contributed by atoms with Gasteiger partial charge < -0.3 is 5.11 Å². The van der Waals surface area contributed by atoms with Crippen LogP contribution in [0.2, 0.25) is 0 Å². The number of para-hydroxylation sites is 2. The van der Waals surface area contributed by atoms with E-state index in [4.69, 9.17) is 0 Å². The van der Waals surface area contributed by atoms with Crippen molar-refractivity contribution in [1.82, 2.24) is 9.78 Å². The van der Waals surface area contributed by atoms with Gasteiger partial charge in [-0.3, -0.25) is 0 Å². The highest BCUT2D eigenvalue weighted by Gasteiger charge is 2.34. The van der Waals surface area contributed by atoms with Crippen LogP contribution < -0.4 is 0 Å². The van der Waals surface area contributed by atoms with Gasteiger partial charge in [0.2, 0.25) is 0 Å². The van der Waals surface area contributed by atoms with Crippen molar-refractivity contribution in [1.29, 1.82) is 0 Å². The van der Waals surface area contributed by atoms with Gasteiger partial charge in [-0.2, -0.15) is 18.3 Å². The number of phenolic OH excluding ortho intramolecular Hbond substituents is 1. The average molecular weight is 444 g/mol. The molecule has 0 amide bonds. The van der Waals surface area contributed by atoms with E-state index in [-0.39, 0.29) is 11.4 Å². The van der Waals surface area contributed by atoms with Crippen molar-refractivity contribution in [3.8, 4) is 22.7 Å². The molecule has 0 bridgehead atoms. The third kappa shape index (κ3) is 2.88. The van der Waals surface area contributed by atoms with Gasteiger partial charge in [-0.05, 0) is 53.8 Å². The van der Waals surface area contributed by atoms with E-state index < -0.39 is 11.7 Å². The third-order valence-corrected chi connectivity index (χ3v) is 4.93. The molecule has 124 valence electrons. The summed E-state index contributed by atoms with van der Waals surface area (Å²) in [5.41, 5.74) is 0.708. The quantitative estimate of drug-likeness (QED) is 0.554. The summed E-state index contributed by atoms with van der Waals surface area (Å²) in [5, 5.41) is 14.3. The molecule has 0 radical (unpaired) electrons. The Kier molecular flexibility index (Phi) is 4.29. The fourth-order valence-electron chi connectivity index (χ4n) is 2.46. The number of phenols is 1. The third-order valence-electron chi connectivity index (χ3n) is 3.64. The first kappa shape index (κ1) is 16.8. The predicted octanol–water partition coefficient (Wildman–Crippen LogP) is 5.18. The molecule has 2 aromatic carbocycles. The van der Waals surface area contributed by atoms with Crippen LogP contribution in [0.25, 0.3) is 16.9 Å². The number of aromatic hydroxyl groups is 1. The molecule has 1 N–H and O–H groups in total. The molecule has 24 heavy (non-hydrogen) atoms. The Labute approximate surface area is 149 Å². The van der Waals surface area contributed by atoms with Crippen molar-refractivity contribution in [2.24, 2.45) is 0 Å². The Bertz CT molecular complexity index is 903. The van der Waals surface area contributed by atoms with Gasteiger partial charge >= 0.3 is 6.18 Å². The van der Waals surface area contributed by atoms with Crippen LogP contribution in [-0.4, -0.2) is 14.9 Å². The van der Waals surface area contributed by atoms with Gasteiger partial charge in [-0.1, -0.05) is 24.3 Å². The highest BCUT2D eigenvalue weighted by atomic mass is 127. The molecule has 7 heteroatoms. The Morgan fingerprint density at radius 1 is 1.04 bits per heavy atom. The number of alkyl halides is 3. The SMILES string of the molecule is Cc1c(I)c(-c2ccccc2O)nn1-c1ccccc1C(F)(F)F. The molecule has 0 atom stereocenters. The van der Waals surface area contributed by atoms with Crippen molar-refractivity contribution in [2.75, 3.05) is 0 Å². The lowest BCUT2D eigenvalue weighted by Crippen LogP contribution is -2.12. The number of benzene rings is 2. The molecule has 1 heterocycles. The second-order valence-electron chi connectivity index (χ2n) is 5.19. The van der Waals surface area contributed by atoms with Crippen LogP contribution >= 0.6 is 22.6 Å². The lowest BCUT2D eigenvalue weighted by molar-refractivity contribution is -0.137. The van der Waals surface area contributed by atoms with Crippen LogP contribution in [0.1, 0.15) is 11.3 Å². The van der Waals surface area contributed by atoms with E-state index in [0.717, 1.165) is 6.07 Å². The number of nitrogens with zero attached hydrogens (tertiary/aromatic N) is 2. The number of hydrogen-bond acceptors (Lipinski definition) is 2. The fourth-order valence-corrected chi connectivity index (χ4v) is 3.09. The summed E-state index contributed by atoms with van der Waals surface area (Å²) in [6.07, 6.45) is -4.48. The van der Waals surface area contributed by atoms with Crippen LogP contribution in [0.5, 0.6) is 5.75 Å². The molecule has 0 aliphatic rings. The summed E-state index contributed by atoms with van der Waals surface area (Å²) in [6.45, 7) is 1.70. The lowest BCUT2D eigenvalue weighted by Gasteiger charge is -2.13. The fraction of sp³-hybridized carbons (Fsp3) is 0.118. The monoisotopic (exact) mass is 444 g/mol. The maximum Gasteiger partial charge on any atom is 0.418 e. The first-order valence-electron chi connectivity index (χ1n) is 7.01. The van der Waals surface area contributed by atoms with Gasteiger partial charge in [0, 0.05) is 5.56 Å². The highest BCUT2D eigenvalue weighted by Crippen LogP contribution is 2.37. The molecule has 0 fully saturated rings. The van der Waals surface area contributed by atoms with E-state index in [1.165, 1.54) is 28.9 Å². The lowest BCUT2D eigenvalue weighted by atomic mass is 10.1. The topological polar surface area (TPSA) is 38.1 Å². The Hall–Kier alpha value is -2.03. The molecule has 1 aromatic heterocycles. The first-order valence-corrected chi connectivity index (χ1v) is 8.08. The number of hydrogen-bond donors (Lipinski definition) is 1. The minimum absolute atomic E-state index is 0.0316. The van der Waals surface area contributed by atoms with Gasteiger partial charge in [-0.15, -0.1) is 0 Å². The number of rotatable bonds is 2. The second-order valence-corrected chi connectivity index (χ2v) is 6.27. The summed E-state index contributed by atoms with van der Waals surface area (Å²) in [7, 11) is 0. The van der Waals surface area contributed by atoms with Crippen LogP contribution in [0.3, 0.4) is 0 Å². The Morgan fingerprint density at radius 3 is 2.33 bits per heavy atom. The van der Waals surface area contributed by atoms with Crippen LogP contribution in [0.15, 0.2) is 48.5 Å². The van der Waals surface area contributed by atoms with Crippen LogP contribution in [0, 0.1) is 10.5 Å². The maximum atomic E-state index is 13.3. The molecule has 0 saturated carbocycles. The van der Waals surface area contributed by atoms with Gasteiger partial charge in [0.05, 0.1) is 20.5 Å². The molecule has 3 nitrogen and oxygen atoms in total. The second kappa shape index (κ2) is 6.12. The smallest absolute Gasteiger partial charge is 0.418 e. The zero-order valence-corrected chi connectivity index (χ0v) is 14.6. The summed E-state index contributed by atoms with van der Waals surface area (Å²) >= 11 is 2.03. The maximum absolute atomic E-state index is 13.3. The van der Waals surface area contributed by atoms with E-state index in [1.807, 2.05) is 22.6 Å². The summed E-state index contributed by atoms with van der Waals surface area (Å²) < 4.78 is 41.8. The molecule has 0 unspecified atom stereocenters. The van der Waals surface area contributed by atoms with Gasteiger partial charge in [0.15, 0.2) is 0 Å². The Morgan fingerprint density at radius 2 is 1.67 bits per heavy atom. The minimum atomic E-state index is -4.48. The average Bonchev–Trinajstić information content (AvgIpc) is 2.83. The molecular weight excluding hydrogens is 432 g/mol. The van der Waals surface area contributed by atoms with E-state index >= 15 is 0 Å². The normalized spacial score (nSPS) is 11.7. The zero-order chi connectivity index (χ0) is 17.5. The summed E-state index contributed by atoms with van der Waals surface area (Å²) in [4.78, 5) is 0. The number of aromatic nitrogens is 2. The number of halogens is 4.